The Balaban J connectivity index is 2.25. The van der Waals surface area contributed by atoms with Crippen molar-refractivity contribution in [2.45, 2.75) is 45.1 Å². The van der Waals surface area contributed by atoms with Crippen LogP contribution in [0.1, 0.15) is 25.8 Å². The van der Waals surface area contributed by atoms with Crippen LogP contribution in [0.5, 0.6) is 5.75 Å². The molecule has 1 N–H and O–H groups in total. The number of benzene rings is 1. The highest BCUT2D eigenvalue weighted by Gasteiger charge is 2.43. The molecule has 9 nitrogen and oxygen atoms in total. The predicted molar refractivity (Wildman–Crippen MR) is 99.3 cm³/mol. The van der Waals surface area contributed by atoms with Gasteiger partial charge in [0.15, 0.2) is 0 Å². The maximum absolute atomic E-state index is 12.1. The van der Waals surface area contributed by atoms with Gasteiger partial charge in [-0.25, -0.2) is 4.79 Å². The minimum absolute atomic E-state index is 0.140. The average molecular weight is 392 g/mol. The molecule has 0 fully saturated rings. The normalized spacial score (nSPS) is 21.4. The van der Waals surface area contributed by atoms with Gasteiger partial charge in [-0.15, -0.1) is 0 Å². The van der Waals surface area contributed by atoms with E-state index < -0.39 is 35.0 Å². The van der Waals surface area contributed by atoms with Crippen LogP contribution < -0.4 is 10.1 Å². The second-order valence-corrected chi connectivity index (χ2v) is 6.32. The van der Waals surface area contributed by atoms with Crippen LogP contribution in [0.2, 0.25) is 0 Å². The first kappa shape index (κ1) is 21.4. The monoisotopic (exact) mass is 392 g/mol. The summed E-state index contributed by atoms with van der Waals surface area (Å²) in [7, 11) is 1.56. The molecule has 0 saturated heterocycles. The number of carbonyl (C=O) groups excluding carboxylic acids is 2. The summed E-state index contributed by atoms with van der Waals surface area (Å²) in [6.07, 6.45) is 0.510. The lowest BCUT2D eigenvalue weighted by Crippen LogP contribution is -2.55. The first-order valence-corrected chi connectivity index (χ1v) is 8.88. The number of nitro groups is 1. The Morgan fingerprint density at radius 3 is 2.50 bits per heavy atom. The minimum Gasteiger partial charge on any atom is -0.497 e. The van der Waals surface area contributed by atoms with Gasteiger partial charge in [0, 0.05) is 23.8 Å². The maximum Gasteiger partial charge on any atom is 0.334 e. The van der Waals surface area contributed by atoms with Crippen LogP contribution >= 0.6 is 0 Å². The Bertz CT molecular complexity index is 745. The molecule has 3 atom stereocenters. The van der Waals surface area contributed by atoms with Crippen LogP contribution in [-0.2, 0) is 25.7 Å². The topological polar surface area (TPSA) is 117 Å². The molecule has 1 aliphatic rings. The van der Waals surface area contributed by atoms with Crippen LogP contribution in [0, 0.1) is 10.1 Å². The van der Waals surface area contributed by atoms with Gasteiger partial charge in [-0.2, -0.15) is 0 Å². The van der Waals surface area contributed by atoms with Crippen molar-refractivity contribution < 1.29 is 28.7 Å². The smallest absolute Gasteiger partial charge is 0.334 e. The summed E-state index contributed by atoms with van der Waals surface area (Å²) < 4.78 is 15.9. The minimum atomic E-state index is -1.20. The number of amides is 1. The van der Waals surface area contributed by atoms with Gasteiger partial charge in [-0.3, -0.25) is 14.9 Å². The van der Waals surface area contributed by atoms with E-state index in [-0.39, 0.29) is 25.2 Å². The molecular formula is C19H24N2O7. The summed E-state index contributed by atoms with van der Waals surface area (Å²) in [6.45, 7) is 3.24. The second-order valence-electron chi connectivity index (χ2n) is 6.32. The number of nitrogens with zero attached hydrogens (tertiary/aromatic N) is 1. The molecule has 0 spiro atoms. The van der Waals surface area contributed by atoms with Crippen LogP contribution in [-0.4, -0.2) is 48.7 Å². The zero-order valence-electron chi connectivity index (χ0n) is 16.0. The summed E-state index contributed by atoms with van der Waals surface area (Å²) in [4.78, 5) is 34.8. The zero-order chi connectivity index (χ0) is 20.7. The van der Waals surface area contributed by atoms with Crippen molar-refractivity contribution in [3.8, 4) is 5.75 Å². The van der Waals surface area contributed by atoms with Crippen LogP contribution in [0.4, 0.5) is 0 Å². The lowest BCUT2D eigenvalue weighted by molar-refractivity contribution is -0.528. The van der Waals surface area contributed by atoms with E-state index in [0.29, 0.717) is 5.75 Å². The van der Waals surface area contributed by atoms with E-state index in [0.717, 1.165) is 5.56 Å². The first-order valence-electron chi connectivity index (χ1n) is 8.88. The third kappa shape index (κ3) is 5.53. The fraction of sp³-hybridized carbons (Fsp3) is 0.474. The van der Waals surface area contributed by atoms with Gasteiger partial charge in [-0.05, 0) is 30.7 Å². The van der Waals surface area contributed by atoms with E-state index in [1.807, 2.05) is 0 Å². The number of rotatable bonds is 8. The van der Waals surface area contributed by atoms with Crippen molar-refractivity contribution in [2.75, 3.05) is 13.7 Å². The molecule has 0 saturated carbocycles. The molecule has 9 heteroatoms. The molecule has 1 amide bonds. The predicted octanol–water partition coefficient (Wildman–Crippen LogP) is 1.62. The first-order chi connectivity index (χ1) is 13.3. The Hall–Kier alpha value is -2.94. The van der Waals surface area contributed by atoms with Gasteiger partial charge in [0.05, 0.1) is 20.3 Å². The van der Waals surface area contributed by atoms with Crippen LogP contribution in [0.25, 0.3) is 0 Å². The Labute approximate surface area is 162 Å². The van der Waals surface area contributed by atoms with Gasteiger partial charge in [0.25, 0.3) is 0 Å². The largest absolute Gasteiger partial charge is 0.497 e. The van der Waals surface area contributed by atoms with Crippen LogP contribution in [0.3, 0.4) is 0 Å². The Morgan fingerprint density at radius 2 is 1.96 bits per heavy atom. The average Bonchev–Trinajstić information content (AvgIpc) is 2.66. The van der Waals surface area contributed by atoms with Crippen molar-refractivity contribution in [3.05, 3.63) is 51.6 Å². The maximum atomic E-state index is 12.1. The van der Waals surface area contributed by atoms with E-state index in [1.165, 1.54) is 13.0 Å². The number of nitrogens with one attached hydrogen (secondary N) is 1. The van der Waals surface area contributed by atoms with E-state index in [9.17, 15) is 19.7 Å². The van der Waals surface area contributed by atoms with Crippen LogP contribution in [0.15, 0.2) is 35.9 Å². The molecule has 0 bridgehead atoms. The summed E-state index contributed by atoms with van der Waals surface area (Å²) in [5.41, 5.74) is 0.988. The standard InChI is InChI=1S/C19H24N2O7/c1-4-27-19(23)14-9-16(21(24)25)18(20-12(2)22)17(10-14)28-11-13-5-7-15(26-3)8-6-13/h5-8,10,16-18H,4,9,11H2,1-3H3,(H,20,22)/t16-,17+,18+/m0/s1. The molecule has 0 aromatic heterocycles. The number of carbonyl (C=O) groups is 2. The highest BCUT2D eigenvalue weighted by molar-refractivity contribution is 5.89. The Morgan fingerprint density at radius 1 is 1.29 bits per heavy atom. The highest BCUT2D eigenvalue weighted by Crippen LogP contribution is 2.26. The molecule has 1 aromatic rings. The lowest BCUT2D eigenvalue weighted by atomic mass is 9.88. The van der Waals surface area contributed by atoms with Gasteiger partial charge < -0.3 is 19.5 Å². The van der Waals surface area contributed by atoms with E-state index in [4.69, 9.17) is 14.2 Å². The summed E-state index contributed by atoms with van der Waals surface area (Å²) >= 11 is 0. The molecular weight excluding hydrogens is 368 g/mol. The van der Waals surface area contributed by atoms with Crippen molar-refractivity contribution in [2.24, 2.45) is 0 Å². The van der Waals surface area contributed by atoms with Gasteiger partial charge in [0.1, 0.15) is 17.9 Å². The molecule has 152 valence electrons. The number of hydrogen-bond acceptors (Lipinski definition) is 7. The molecule has 0 radical (unpaired) electrons. The molecule has 1 aliphatic carbocycles. The van der Waals surface area contributed by atoms with E-state index >= 15 is 0 Å². The molecule has 0 aliphatic heterocycles. The van der Waals surface area contributed by atoms with Crippen molar-refractivity contribution in [1.82, 2.24) is 5.32 Å². The Kier molecular flexibility index (Phi) is 7.51. The molecule has 28 heavy (non-hydrogen) atoms. The van der Waals surface area contributed by atoms with Crippen molar-refractivity contribution in [3.63, 3.8) is 0 Å². The number of hydrogen-bond donors (Lipinski definition) is 1. The quantitative estimate of drug-likeness (QED) is 0.406. The van der Waals surface area contributed by atoms with Gasteiger partial charge in [0.2, 0.25) is 11.9 Å². The molecule has 1 aromatic carbocycles. The number of ether oxygens (including phenoxy) is 3. The fourth-order valence-corrected chi connectivity index (χ4v) is 3.00. The zero-order valence-corrected chi connectivity index (χ0v) is 16.0. The SMILES string of the molecule is CCOC(=O)C1=C[C@@H](OCc2ccc(OC)cc2)[C@H](NC(C)=O)[C@@H]([N+](=O)[O-])C1. The van der Waals surface area contributed by atoms with Crippen molar-refractivity contribution >= 4 is 11.9 Å². The summed E-state index contributed by atoms with van der Waals surface area (Å²) in [6, 6.07) is 5.04. The molecule has 0 heterocycles. The van der Waals surface area contributed by atoms with E-state index in [1.54, 1.807) is 38.3 Å². The van der Waals surface area contributed by atoms with Crippen molar-refractivity contribution in [1.29, 1.82) is 0 Å². The molecule has 2 rings (SSSR count). The summed E-state index contributed by atoms with van der Waals surface area (Å²) in [5, 5.41) is 14.2. The molecule has 0 unspecified atom stereocenters. The number of esters is 1. The van der Waals surface area contributed by atoms with Gasteiger partial charge >= 0.3 is 5.97 Å². The third-order valence-corrected chi connectivity index (χ3v) is 4.34. The van der Waals surface area contributed by atoms with Gasteiger partial charge in [-0.1, -0.05) is 12.1 Å². The number of methoxy groups -OCH3 is 1. The lowest BCUT2D eigenvalue weighted by Gasteiger charge is -2.32. The fourth-order valence-electron chi connectivity index (χ4n) is 3.00. The highest BCUT2D eigenvalue weighted by atomic mass is 16.6. The van der Waals surface area contributed by atoms with E-state index in [2.05, 4.69) is 5.32 Å². The third-order valence-electron chi connectivity index (χ3n) is 4.34. The second kappa shape index (κ2) is 9.84. The summed E-state index contributed by atoms with van der Waals surface area (Å²) in [5.74, 6) is -0.341.